The first-order valence-corrected chi connectivity index (χ1v) is 7.53. The smallest absolute Gasteiger partial charge is 0.259 e. The number of thioether (sulfide) groups is 1. The topological polar surface area (TPSA) is 77.8 Å². The second-order valence-corrected chi connectivity index (χ2v) is 5.69. The lowest BCUT2D eigenvalue weighted by molar-refractivity contribution is 0.432. The van der Waals surface area contributed by atoms with Crippen molar-refractivity contribution < 1.29 is 4.52 Å². The fourth-order valence-corrected chi connectivity index (χ4v) is 2.52. The van der Waals surface area contributed by atoms with Gasteiger partial charge in [-0.2, -0.15) is 4.98 Å². The molecule has 0 radical (unpaired) electrons. The molecule has 0 atom stereocenters. The van der Waals surface area contributed by atoms with Crippen LogP contribution in [0, 0.1) is 0 Å². The molecule has 0 aliphatic carbocycles. The standard InChI is InChI=1S/C15H14N4OS/c1-2-21-12-6-3-10(4-7-12)14-18-15(20-19-14)11-5-8-13(16)17-9-11/h3-9H,2H2,1H3,(H2,16,17). The first kappa shape index (κ1) is 13.6. The molecule has 106 valence electrons. The van der Waals surface area contributed by atoms with E-state index >= 15 is 0 Å². The van der Waals surface area contributed by atoms with Gasteiger partial charge in [0.2, 0.25) is 5.82 Å². The molecule has 0 saturated heterocycles. The number of hydrogen-bond donors (Lipinski definition) is 1. The predicted molar refractivity (Wildman–Crippen MR) is 83.8 cm³/mol. The molecule has 0 aliphatic heterocycles. The molecule has 0 bridgehead atoms. The first-order valence-electron chi connectivity index (χ1n) is 6.55. The van der Waals surface area contributed by atoms with Gasteiger partial charge in [0, 0.05) is 16.7 Å². The number of aromatic nitrogens is 3. The normalized spacial score (nSPS) is 10.7. The van der Waals surface area contributed by atoms with Crippen LogP contribution in [0.25, 0.3) is 22.8 Å². The van der Waals surface area contributed by atoms with Crippen molar-refractivity contribution in [2.45, 2.75) is 11.8 Å². The Labute approximate surface area is 126 Å². The van der Waals surface area contributed by atoms with Crippen molar-refractivity contribution in [2.24, 2.45) is 0 Å². The van der Waals surface area contributed by atoms with Gasteiger partial charge in [0.25, 0.3) is 5.89 Å². The fraction of sp³-hybridized carbons (Fsp3) is 0.133. The molecule has 0 spiro atoms. The lowest BCUT2D eigenvalue weighted by Gasteiger charge is -1.98. The minimum Gasteiger partial charge on any atom is -0.384 e. The van der Waals surface area contributed by atoms with E-state index in [0.717, 1.165) is 16.9 Å². The molecule has 3 aromatic rings. The Balaban J connectivity index is 1.85. The molecule has 0 unspecified atom stereocenters. The maximum absolute atomic E-state index is 5.56. The molecule has 2 aromatic heterocycles. The zero-order valence-electron chi connectivity index (χ0n) is 11.5. The van der Waals surface area contributed by atoms with E-state index in [1.54, 1.807) is 30.1 Å². The van der Waals surface area contributed by atoms with E-state index in [9.17, 15) is 0 Å². The van der Waals surface area contributed by atoms with Crippen LogP contribution in [0.2, 0.25) is 0 Å². The van der Waals surface area contributed by atoms with Crippen LogP contribution >= 0.6 is 11.8 Å². The molecule has 0 aliphatic rings. The van der Waals surface area contributed by atoms with E-state index < -0.39 is 0 Å². The van der Waals surface area contributed by atoms with Crippen molar-refractivity contribution >= 4 is 17.6 Å². The third-order valence-corrected chi connectivity index (χ3v) is 3.78. The van der Waals surface area contributed by atoms with Gasteiger partial charge < -0.3 is 10.3 Å². The number of anilines is 1. The summed E-state index contributed by atoms with van der Waals surface area (Å²) in [6, 6.07) is 11.6. The van der Waals surface area contributed by atoms with Crippen LogP contribution in [0.4, 0.5) is 5.82 Å². The first-order chi connectivity index (χ1) is 10.3. The van der Waals surface area contributed by atoms with Crippen LogP contribution in [0.1, 0.15) is 6.92 Å². The maximum atomic E-state index is 5.56. The van der Waals surface area contributed by atoms with Gasteiger partial charge in [-0.05, 0) is 42.2 Å². The SMILES string of the molecule is CCSc1ccc(-c2noc(-c3ccc(N)nc3)n2)cc1. The number of pyridine rings is 1. The van der Waals surface area contributed by atoms with E-state index in [1.165, 1.54) is 4.90 Å². The van der Waals surface area contributed by atoms with Crippen LogP contribution < -0.4 is 5.73 Å². The molecule has 0 amide bonds. The zero-order valence-corrected chi connectivity index (χ0v) is 12.3. The lowest BCUT2D eigenvalue weighted by atomic mass is 10.2. The van der Waals surface area contributed by atoms with Crippen LogP contribution in [0.3, 0.4) is 0 Å². The summed E-state index contributed by atoms with van der Waals surface area (Å²) in [7, 11) is 0. The van der Waals surface area contributed by atoms with E-state index in [-0.39, 0.29) is 0 Å². The van der Waals surface area contributed by atoms with Crippen molar-refractivity contribution in [3.8, 4) is 22.8 Å². The average molecular weight is 298 g/mol. The molecular formula is C15H14N4OS. The number of nitrogen functional groups attached to an aromatic ring is 1. The highest BCUT2D eigenvalue weighted by Gasteiger charge is 2.10. The summed E-state index contributed by atoms with van der Waals surface area (Å²) >= 11 is 1.80. The van der Waals surface area contributed by atoms with Crippen LogP contribution in [-0.4, -0.2) is 20.9 Å². The summed E-state index contributed by atoms with van der Waals surface area (Å²) in [5.74, 6) is 2.51. The number of nitrogens with two attached hydrogens (primary N) is 1. The minimum absolute atomic E-state index is 0.435. The monoisotopic (exact) mass is 298 g/mol. The van der Waals surface area contributed by atoms with Crippen molar-refractivity contribution in [2.75, 3.05) is 11.5 Å². The Kier molecular flexibility index (Phi) is 3.87. The average Bonchev–Trinajstić information content (AvgIpc) is 2.99. The van der Waals surface area contributed by atoms with Crippen molar-refractivity contribution in [1.29, 1.82) is 0 Å². The Hall–Kier alpha value is -2.34. The molecule has 0 saturated carbocycles. The van der Waals surface area contributed by atoms with Gasteiger partial charge >= 0.3 is 0 Å². The molecule has 6 heteroatoms. The van der Waals surface area contributed by atoms with Crippen molar-refractivity contribution in [1.82, 2.24) is 15.1 Å². The van der Waals surface area contributed by atoms with Gasteiger partial charge in [-0.3, -0.25) is 0 Å². The highest BCUT2D eigenvalue weighted by molar-refractivity contribution is 7.99. The van der Waals surface area contributed by atoms with Gasteiger partial charge in [0.1, 0.15) is 5.82 Å². The van der Waals surface area contributed by atoms with Gasteiger partial charge in [0.05, 0.1) is 5.56 Å². The fourth-order valence-electron chi connectivity index (χ4n) is 1.86. The quantitative estimate of drug-likeness (QED) is 0.743. The molecule has 5 nitrogen and oxygen atoms in total. The summed E-state index contributed by atoms with van der Waals surface area (Å²) in [5, 5.41) is 4.01. The third kappa shape index (κ3) is 3.05. The minimum atomic E-state index is 0.435. The Morgan fingerprint density at radius 1 is 1.10 bits per heavy atom. The third-order valence-electron chi connectivity index (χ3n) is 2.88. The Morgan fingerprint density at radius 3 is 2.52 bits per heavy atom. The van der Waals surface area contributed by atoms with Gasteiger partial charge in [-0.15, -0.1) is 11.8 Å². The van der Waals surface area contributed by atoms with Crippen LogP contribution in [0.5, 0.6) is 0 Å². The summed E-state index contributed by atoms with van der Waals surface area (Å²) in [6.07, 6.45) is 1.62. The maximum Gasteiger partial charge on any atom is 0.259 e. The molecule has 3 rings (SSSR count). The number of benzene rings is 1. The highest BCUT2D eigenvalue weighted by atomic mass is 32.2. The number of rotatable bonds is 4. The molecule has 2 N–H and O–H groups in total. The Bertz CT molecular complexity index is 722. The predicted octanol–water partition coefficient (Wildman–Crippen LogP) is 3.49. The Morgan fingerprint density at radius 2 is 1.86 bits per heavy atom. The molecule has 21 heavy (non-hydrogen) atoms. The van der Waals surface area contributed by atoms with Gasteiger partial charge in [-0.1, -0.05) is 12.1 Å². The second-order valence-electron chi connectivity index (χ2n) is 4.35. The number of hydrogen-bond acceptors (Lipinski definition) is 6. The summed E-state index contributed by atoms with van der Waals surface area (Å²) in [5.41, 5.74) is 7.24. The molecular weight excluding hydrogens is 284 g/mol. The second kappa shape index (κ2) is 5.97. The van der Waals surface area contributed by atoms with Gasteiger partial charge in [0.15, 0.2) is 0 Å². The molecule has 0 fully saturated rings. The largest absolute Gasteiger partial charge is 0.384 e. The highest BCUT2D eigenvalue weighted by Crippen LogP contribution is 2.24. The van der Waals surface area contributed by atoms with E-state index in [2.05, 4.69) is 34.2 Å². The lowest BCUT2D eigenvalue weighted by Crippen LogP contribution is -1.89. The van der Waals surface area contributed by atoms with E-state index in [1.807, 2.05) is 12.1 Å². The summed E-state index contributed by atoms with van der Waals surface area (Å²) < 4.78 is 5.28. The van der Waals surface area contributed by atoms with Crippen molar-refractivity contribution in [3.05, 3.63) is 42.6 Å². The van der Waals surface area contributed by atoms with E-state index in [4.69, 9.17) is 10.3 Å². The van der Waals surface area contributed by atoms with Crippen LogP contribution in [-0.2, 0) is 0 Å². The molecule has 2 heterocycles. The zero-order chi connectivity index (χ0) is 14.7. The molecule has 1 aromatic carbocycles. The summed E-state index contributed by atoms with van der Waals surface area (Å²) in [6.45, 7) is 2.13. The van der Waals surface area contributed by atoms with E-state index in [0.29, 0.717) is 17.5 Å². The van der Waals surface area contributed by atoms with Gasteiger partial charge in [-0.25, -0.2) is 4.98 Å². The van der Waals surface area contributed by atoms with Crippen molar-refractivity contribution in [3.63, 3.8) is 0 Å². The summed E-state index contributed by atoms with van der Waals surface area (Å²) in [4.78, 5) is 9.64. The van der Waals surface area contributed by atoms with Crippen LogP contribution in [0.15, 0.2) is 52.0 Å². The number of nitrogens with zero attached hydrogens (tertiary/aromatic N) is 3.